The minimum absolute atomic E-state index is 0. The van der Waals surface area contributed by atoms with Crippen LogP contribution in [-0.4, -0.2) is 31.1 Å². The van der Waals surface area contributed by atoms with Crippen LogP contribution in [-0.2, 0) is 16.0 Å². The summed E-state index contributed by atoms with van der Waals surface area (Å²) in [6.45, 7) is 6.04. The Hall–Kier alpha value is -3.57. The molecule has 2 unspecified atom stereocenters. The summed E-state index contributed by atoms with van der Waals surface area (Å²) in [6, 6.07) is 13.7. The van der Waals surface area contributed by atoms with Crippen molar-refractivity contribution in [2.45, 2.75) is 59.2 Å². The molecular formula is C34H41FO4. The quantitative estimate of drug-likeness (QED) is 0.182. The monoisotopic (exact) mass is 532 g/mol. The van der Waals surface area contributed by atoms with Gasteiger partial charge in [-0.3, -0.25) is 4.79 Å². The van der Waals surface area contributed by atoms with Crippen molar-refractivity contribution in [2.24, 2.45) is 5.92 Å². The molecule has 4 nitrogen and oxygen atoms in total. The zero-order valence-electron chi connectivity index (χ0n) is 23.0. The van der Waals surface area contributed by atoms with Crippen LogP contribution in [0.3, 0.4) is 0 Å². The molecule has 0 spiro atoms. The Balaban J connectivity index is 0.00000294. The van der Waals surface area contributed by atoms with Crippen molar-refractivity contribution in [1.82, 2.24) is 0 Å². The molecule has 2 aromatic carbocycles. The fourth-order valence-corrected chi connectivity index (χ4v) is 5.16. The topological polar surface area (TPSA) is 52.6 Å². The molecule has 0 aliphatic heterocycles. The van der Waals surface area contributed by atoms with Crippen molar-refractivity contribution < 1.29 is 26.3 Å². The van der Waals surface area contributed by atoms with E-state index in [0.717, 1.165) is 29.5 Å². The molecule has 0 saturated carbocycles. The summed E-state index contributed by atoms with van der Waals surface area (Å²) in [5.74, 6) is 1.01. The average molecular weight is 533 g/mol. The van der Waals surface area contributed by atoms with Gasteiger partial charge in [0.15, 0.2) is 5.78 Å². The molecule has 2 atom stereocenters. The summed E-state index contributed by atoms with van der Waals surface area (Å²) < 4.78 is 23.8. The number of carbonyl (C=O) groups is 2. The Morgan fingerprint density at radius 2 is 1.69 bits per heavy atom. The number of hydrogen-bond donors (Lipinski definition) is 0. The second-order valence-corrected chi connectivity index (χ2v) is 10.3. The molecule has 4 rings (SSSR count). The first-order valence-corrected chi connectivity index (χ1v) is 13.7. The Kier molecular flexibility index (Phi) is 9.83. The molecule has 2 aliphatic rings. The van der Waals surface area contributed by atoms with Crippen molar-refractivity contribution in [3.05, 3.63) is 106 Å². The number of halogens is 1. The molecule has 208 valence electrons. The van der Waals surface area contributed by atoms with Gasteiger partial charge in [0, 0.05) is 47.3 Å². The zero-order valence-corrected chi connectivity index (χ0v) is 23.0. The van der Waals surface area contributed by atoms with Crippen LogP contribution in [0.25, 0.3) is 5.57 Å². The number of ketones is 2. The van der Waals surface area contributed by atoms with Crippen molar-refractivity contribution in [1.29, 1.82) is 0 Å². The van der Waals surface area contributed by atoms with Gasteiger partial charge in [0.25, 0.3) is 0 Å². The Labute approximate surface area is 233 Å². The number of Topliss-reactive ketones (excluding diaryl/α,β-unsaturated/α-hetero) is 2. The first kappa shape index (κ1) is 28.4. The highest BCUT2D eigenvalue weighted by molar-refractivity contribution is 5.97. The minimum atomic E-state index is -1.34. The van der Waals surface area contributed by atoms with Crippen LogP contribution in [0.5, 0.6) is 5.75 Å². The number of ether oxygens (including phenoxy) is 2. The van der Waals surface area contributed by atoms with Crippen molar-refractivity contribution >= 4 is 17.1 Å². The third kappa shape index (κ3) is 7.73. The van der Waals surface area contributed by atoms with E-state index in [9.17, 15) is 14.0 Å². The molecule has 0 saturated heterocycles. The molecule has 0 N–H and O–H groups in total. The van der Waals surface area contributed by atoms with Gasteiger partial charge in [-0.05, 0) is 78.7 Å². The molecule has 0 bridgehead atoms. The summed E-state index contributed by atoms with van der Waals surface area (Å²) in [5, 5.41) is 0. The van der Waals surface area contributed by atoms with Crippen LogP contribution in [0.1, 0.15) is 69.4 Å². The van der Waals surface area contributed by atoms with Crippen LogP contribution in [0.2, 0.25) is 0 Å². The third-order valence-electron chi connectivity index (χ3n) is 7.07. The molecule has 0 radical (unpaired) electrons. The maximum atomic E-state index is 13.1. The van der Waals surface area contributed by atoms with Crippen LogP contribution in [0, 0.1) is 12.8 Å². The normalized spacial score (nSPS) is 16.7. The predicted octanol–water partition coefficient (Wildman–Crippen LogP) is 8.21. The lowest BCUT2D eigenvalue weighted by Gasteiger charge is -2.22. The van der Waals surface area contributed by atoms with E-state index < -0.39 is 6.36 Å². The van der Waals surface area contributed by atoms with E-state index in [1.54, 1.807) is 6.92 Å². The third-order valence-corrected chi connectivity index (χ3v) is 7.07. The molecule has 2 aliphatic carbocycles. The molecular weight excluding hydrogens is 491 g/mol. The maximum Gasteiger partial charge on any atom is 0.235 e. The molecule has 0 heterocycles. The Morgan fingerprint density at radius 3 is 2.38 bits per heavy atom. The van der Waals surface area contributed by atoms with Gasteiger partial charge < -0.3 is 14.3 Å². The first-order valence-electron chi connectivity index (χ1n) is 13.7. The highest BCUT2D eigenvalue weighted by Crippen LogP contribution is 2.42. The van der Waals surface area contributed by atoms with Crippen LogP contribution >= 0.6 is 0 Å². The molecule has 2 aromatic rings. The number of hydrogen-bond acceptors (Lipinski definition) is 4. The first-order chi connectivity index (χ1) is 18.8. The smallest absolute Gasteiger partial charge is 0.235 e. The molecule has 0 aromatic heterocycles. The van der Waals surface area contributed by atoms with E-state index in [0.29, 0.717) is 38.2 Å². The number of rotatable bonds is 14. The van der Waals surface area contributed by atoms with E-state index >= 15 is 0 Å². The number of aryl methyl sites for hydroxylation is 1. The Morgan fingerprint density at radius 1 is 0.974 bits per heavy atom. The van der Waals surface area contributed by atoms with Gasteiger partial charge in [-0.2, -0.15) is 0 Å². The van der Waals surface area contributed by atoms with E-state index in [4.69, 9.17) is 9.47 Å². The maximum absolute atomic E-state index is 13.1. The highest BCUT2D eigenvalue weighted by Gasteiger charge is 2.26. The van der Waals surface area contributed by atoms with Crippen molar-refractivity contribution in [3.8, 4) is 5.75 Å². The van der Waals surface area contributed by atoms with Gasteiger partial charge in [-0.25, -0.2) is 4.39 Å². The lowest BCUT2D eigenvalue weighted by molar-refractivity contribution is -0.117. The van der Waals surface area contributed by atoms with Gasteiger partial charge in [0.05, 0.1) is 0 Å². The standard InChI is InChI=1S/C34H37FO4.2H2/c1-23-21-26(11-16-30(23)34(37)10-6-20-38-19-5-7-24(2)36)22-28-8-4-9-33-31(17-18-32(28)33)27-12-14-29(15-13-27)39-25(3)35;;/h4,8-9,11-18,21,25,33H,5-7,10,19-20,22H2,1-3H3;2*1H. The Bertz CT molecular complexity index is 1320. The second-order valence-electron chi connectivity index (χ2n) is 10.3. The minimum Gasteiger partial charge on any atom is -0.461 e. The number of carbonyl (C=O) groups excluding carboxylic acids is 2. The SMILES string of the molecule is CC(=O)CCCOCCCC(=O)c1ccc(CC2=CC=CC3C2=CC=C3c2ccc(OC(C)F)cc2)cc1C.[HH].[HH]. The lowest BCUT2D eigenvalue weighted by Crippen LogP contribution is -2.09. The second kappa shape index (κ2) is 13.5. The van der Waals surface area contributed by atoms with Gasteiger partial charge in [0.2, 0.25) is 6.36 Å². The van der Waals surface area contributed by atoms with Crippen molar-refractivity contribution in [2.75, 3.05) is 13.2 Å². The van der Waals surface area contributed by atoms with E-state index in [1.165, 1.54) is 29.2 Å². The van der Waals surface area contributed by atoms with Crippen LogP contribution in [0.15, 0.2) is 84.0 Å². The van der Waals surface area contributed by atoms with E-state index in [-0.39, 0.29) is 20.3 Å². The lowest BCUT2D eigenvalue weighted by atomic mass is 9.82. The number of allylic oxidation sites excluding steroid dienone is 8. The van der Waals surface area contributed by atoms with Crippen LogP contribution in [0.4, 0.5) is 4.39 Å². The van der Waals surface area contributed by atoms with Crippen LogP contribution < -0.4 is 4.74 Å². The summed E-state index contributed by atoms with van der Waals surface area (Å²) >= 11 is 0. The number of fused-ring (bicyclic) bond motifs is 1. The fourth-order valence-electron chi connectivity index (χ4n) is 5.16. The van der Waals surface area contributed by atoms with Gasteiger partial charge in [-0.1, -0.05) is 60.7 Å². The molecule has 39 heavy (non-hydrogen) atoms. The summed E-state index contributed by atoms with van der Waals surface area (Å²) in [6.07, 6.45) is 12.7. The summed E-state index contributed by atoms with van der Waals surface area (Å²) in [7, 11) is 0. The predicted molar refractivity (Wildman–Crippen MR) is 158 cm³/mol. The van der Waals surface area contributed by atoms with Crippen molar-refractivity contribution in [3.63, 3.8) is 0 Å². The van der Waals surface area contributed by atoms with Gasteiger partial charge >= 0.3 is 0 Å². The summed E-state index contributed by atoms with van der Waals surface area (Å²) in [4.78, 5) is 23.7. The molecule has 5 heteroatoms. The number of alkyl halides is 1. The highest BCUT2D eigenvalue weighted by atomic mass is 19.1. The zero-order chi connectivity index (χ0) is 27.8. The number of benzene rings is 2. The van der Waals surface area contributed by atoms with E-state index in [2.05, 4.69) is 42.5 Å². The van der Waals surface area contributed by atoms with E-state index in [1.807, 2.05) is 37.3 Å². The van der Waals surface area contributed by atoms with Gasteiger partial charge in [0.1, 0.15) is 11.5 Å². The average Bonchev–Trinajstić information content (AvgIpc) is 3.33. The largest absolute Gasteiger partial charge is 0.461 e. The molecule has 0 amide bonds. The fraction of sp³-hybridized carbons (Fsp3) is 0.353. The summed E-state index contributed by atoms with van der Waals surface area (Å²) in [5.41, 5.74) is 7.79. The van der Waals surface area contributed by atoms with Gasteiger partial charge in [-0.15, -0.1) is 0 Å². The molecule has 0 fully saturated rings.